The first-order valence-corrected chi connectivity index (χ1v) is 8.31. The third-order valence-corrected chi connectivity index (χ3v) is 3.21. The molecule has 0 atom stereocenters. The molecule has 0 unspecified atom stereocenters. The minimum absolute atomic E-state index is 0.615. The van der Waals surface area contributed by atoms with E-state index in [1.54, 1.807) is 0 Å². The van der Waals surface area contributed by atoms with E-state index in [-0.39, 0.29) is 0 Å². The molecule has 0 fully saturated rings. The van der Waals surface area contributed by atoms with E-state index in [9.17, 15) is 0 Å². The van der Waals surface area contributed by atoms with Crippen LogP contribution in [-0.4, -0.2) is 28.7 Å². The van der Waals surface area contributed by atoms with Crippen molar-refractivity contribution in [1.82, 2.24) is 5.32 Å². The summed E-state index contributed by atoms with van der Waals surface area (Å²) < 4.78 is 5.83. The SMILES string of the molecule is CC(C)CNCc1cccc(OCc2ccccc2)c1.O=C(O)C(=O)O. The largest absolute Gasteiger partial charge is 0.489 e. The van der Waals surface area contributed by atoms with E-state index in [0.29, 0.717) is 12.5 Å². The summed E-state index contributed by atoms with van der Waals surface area (Å²) in [6.07, 6.45) is 0. The highest BCUT2D eigenvalue weighted by Crippen LogP contribution is 2.15. The average Bonchev–Trinajstić information content (AvgIpc) is 2.61. The van der Waals surface area contributed by atoms with Crippen LogP contribution < -0.4 is 10.1 Å². The zero-order valence-corrected chi connectivity index (χ0v) is 15.0. The summed E-state index contributed by atoms with van der Waals surface area (Å²) in [5.41, 5.74) is 2.45. The second-order valence-electron chi connectivity index (χ2n) is 6.06. The van der Waals surface area contributed by atoms with Crippen molar-refractivity contribution < 1.29 is 24.5 Å². The predicted octanol–water partition coefficient (Wildman–Crippen LogP) is 3.17. The molecule has 0 heterocycles. The van der Waals surface area contributed by atoms with Gasteiger partial charge in [0.05, 0.1) is 0 Å². The summed E-state index contributed by atoms with van der Waals surface area (Å²) in [4.78, 5) is 18.2. The summed E-state index contributed by atoms with van der Waals surface area (Å²) in [7, 11) is 0. The van der Waals surface area contributed by atoms with Gasteiger partial charge in [-0.05, 0) is 35.7 Å². The standard InChI is InChI=1S/C18H23NO.C2H2O4/c1-15(2)12-19-13-17-9-6-10-18(11-17)20-14-16-7-4-3-5-8-16;3-1(4)2(5)6/h3-11,15,19H,12-14H2,1-2H3;(H,3,4)(H,5,6). The Balaban J connectivity index is 0.000000487. The Kier molecular flexibility index (Phi) is 9.49. The van der Waals surface area contributed by atoms with E-state index < -0.39 is 11.9 Å². The van der Waals surface area contributed by atoms with Crippen molar-refractivity contribution in [3.05, 3.63) is 65.7 Å². The smallest absolute Gasteiger partial charge is 0.414 e. The molecule has 0 aromatic heterocycles. The Morgan fingerprint density at radius 2 is 1.58 bits per heavy atom. The minimum Gasteiger partial charge on any atom is -0.489 e. The van der Waals surface area contributed by atoms with Gasteiger partial charge < -0.3 is 20.3 Å². The van der Waals surface area contributed by atoms with E-state index in [4.69, 9.17) is 24.5 Å². The fourth-order valence-electron chi connectivity index (χ4n) is 1.99. The molecule has 2 rings (SSSR count). The minimum atomic E-state index is -1.82. The third kappa shape index (κ3) is 9.44. The Labute approximate surface area is 153 Å². The summed E-state index contributed by atoms with van der Waals surface area (Å²) in [6.45, 7) is 6.97. The first kappa shape index (κ1) is 21.2. The van der Waals surface area contributed by atoms with Crippen molar-refractivity contribution in [2.24, 2.45) is 5.92 Å². The molecule has 0 amide bonds. The molecule has 6 nitrogen and oxygen atoms in total. The number of carboxylic acids is 2. The summed E-state index contributed by atoms with van der Waals surface area (Å²) in [6, 6.07) is 18.5. The van der Waals surface area contributed by atoms with Crippen molar-refractivity contribution in [2.45, 2.75) is 27.0 Å². The van der Waals surface area contributed by atoms with Crippen LogP contribution in [-0.2, 0) is 22.7 Å². The Morgan fingerprint density at radius 1 is 0.962 bits per heavy atom. The molecular weight excluding hydrogens is 334 g/mol. The number of carbonyl (C=O) groups is 2. The molecular formula is C20H25NO5. The molecule has 26 heavy (non-hydrogen) atoms. The number of carboxylic acid groups (broad SMARTS) is 2. The summed E-state index contributed by atoms with van der Waals surface area (Å²) >= 11 is 0. The summed E-state index contributed by atoms with van der Waals surface area (Å²) in [5, 5.41) is 18.2. The predicted molar refractivity (Wildman–Crippen MR) is 99.0 cm³/mol. The molecule has 0 aliphatic carbocycles. The van der Waals surface area contributed by atoms with Crippen molar-refractivity contribution in [3.63, 3.8) is 0 Å². The number of hydrogen-bond donors (Lipinski definition) is 3. The van der Waals surface area contributed by atoms with Gasteiger partial charge in [-0.3, -0.25) is 0 Å². The zero-order chi connectivity index (χ0) is 19.4. The Bertz CT molecular complexity index is 674. The van der Waals surface area contributed by atoms with Crippen LogP contribution in [0.1, 0.15) is 25.0 Å². The maximum atomic E-state index is 9.10. The molecule has 0 aliphatic heterocycles. The highest BCUT2D eigenvalue weighted by Gasteiger charge is 2.04. The van der Waals surface area contributed by atoms with Gasteiger partial charge in [0.25, 0.3) is 0 Å². The second-order valence-corrected chi connectivity index (χ2v) is 6.06. The molecule has 0 bridgehead atoms. The number of rotatable bonds is 7. The Morgan fingerprint density at radius 3 is 2.15 bits per heavy atom. The van der Waals surface area contributed by atoms with Crippen LogP contribution in [0.5, 0.6) is 5.75 Å². The lowest BCUT2D eigenvalue weighted by molar-refractivity contribution is -0.159. The van der Waals surface area contributed by atoms with Crippen LogP contribution in [0.3, 0.4) is 0 Å². The monoisotopic (exact) mass is 359 g/mol. The van der Waals surface area contributed by atoms with Gasteiger partial charge in [-0.15, -0.1) is 0 Å². The van der Waals surface area contributed by atoms with E-state index in [2.05, 4.69) is 43.4 Å². The molecule has 0 radical (unpaired) electrons. The van der Waals surface area contributed by atoms with Gasteiger partial charge in [-0.1, -0.05) is 56.3 Å². The third-order valence-electron chi connectivity index (χ3n) is 3.21. The van der Waals surface area contributed by atoms with Gasteiger partial charge >= 0.3 is 11.9 Å². The molecule has 3 N–H and O–H groups in total. The van der Waals surface area contributed by atoms with Gasteiger partial charge in [0.15, 0.2) is 0 Å². The van der Waals surface area contributed by atoms with Crippen LogP contribution in [0.2, 0.25) is 0 Å². The maximum Gasteiger partial charge on any atom is 0.414 e. The highest BCUT2D eigenvalue weighted by molar-refractivity contribution is 6.27. The second kappa shape index (κ2) is 11.7. The van der Waals surface area contributed by atoms with Crippen molar-refractivity contribution in [1.29, 1.82) is 0 Å². The molecule has 0 aliphatic rings. The van der Waals surface area contributed by atoms with Crippen molar-refractivity contribution >= 4 is 11.9 Å². The molecule has 0 saturated carbocycles. The van der Waals surface area contributed by atoms with Gasteiger partial charge in [0, 0.05) is 6.54 Å². The van der Waals surface area contributed by atoms with Crippen LogP contribution in [0.25, 0.3) is 0 Å². The van der Waals surface area contributed by atoms with Crippen LogP contribution in [0.15, 0.2) is 54.6 Å². The number of benzene rings is 2. The molecule has 0 spiro atoms. The molecule has 6 heteroatoms. The quantitative estimate of drug-likeness (QED) is 0.657. The van der Waals surface area contributed by atoms with Crippen LogP contribution in [0.4, 0.5) is 0 Å². The fourth-order valence-corrected chi connectivity index (χ4v) is 1.99. The van der Waals surface area contributed by atoms with Gasteiger partial charge in [-0.2, -0.15) is 0 Å². The van der Waals surface area contributed by atoms with Crippen molar-refractivity contribution in [2.75, 3.05) is 6.54 Å². The lowest BCUT2D eigenvalue weighted by atomic mass is 10.2. The highest BCUT2D eigenvalue weighted by atomic mass is 16.5. The lowest BCUT2D eigenvalue weighted by Gasteiger charge is -2.10. The van der Waals surface area contributed by atoms with Gasteiger partial charge in [-0.25, -0.2) is 9.59 Å². The number of ether oxygens (including phenoxy) is 1. The maximum absolute atomic E-state index is 9.10. The zero-order valence-electron chi connectivity index (χ0n) is 15.0. The lowest BCUT2D eigenvalue weighted by Crippen LogP contribution is -2.18. The van der Waals surface area contributed by atoms with Gasteiger partial charge in [0.2, 0.25) is 0 Å². The van der Waals surface area contributed by atoms with E-state index in [0.717, 1.165) is 18.8 Å². The van der Waals surface area contributed by atoms with Gasteiger partial charge in [0.1, 0.15) is 12.4 Å². The topological polar surface area (TPSA) is 95.9 Å². The first-order chi connectivity index (χ1) is 12.4. The van der Waals surface area contributed by atoms with Crippen LogP contribution in [0, 0.1) is 5.92 Å². The first-order valence-electron chi connectivity index (χ1n) is 8.31. The van der Waals surface area contributed by atoms with Crippen LogP contribution >= 0.6 is 0 Å². The van der Waals surface area contributed by atoms with E-state index in [1.807, 2.05) is 30.3 Å². The average molecular weight is 359 g/mol. The Hall–Kier alpha value is -2.86. The number of aliphatic carboxylic acids is 2. The fraction of sp³-hybridized carbons (Fsp3) is 0.300. The van der Waals surface area contributed by atoms with E-state index >= 15 is 0 Å². The number of hydrogen-bond acceptors (Lipinski definition) is 4. The normalized spacial score (nSPS) is 9.96. The van der Waals surface area contributed by atoms with Crippen molar-refractivity contribution in [3.8, 4) is 5.75 Å². The molecule has 2 aromatic rings. The number of nitrogens with one attached hydrogen (secondary N) is 1. The molecule has 140 valence electrons. The summed E-state index contributed by atoms with van der Waals surface area (Å²) in [5.74, 6) is -2.05. The van der Waals surface area contributed by atoms with E-state index in [1.165, 1.54) is 11.1 Å². The molecule has 0 saturated heterocycles. The molecule has 2 aromatic carbocycles.